The number of fused-ring (bicyclic) bond motifs is 3. The van der Waals surface area contributed by atoms with Crippen LogP contribution in [0.25, 0.3) is 11.1 Å². The number of benzene rings is 2. The van der Waals surface area contributed by atoms with E-state index >= 15 is 0 Å². The molecule has 0 radical (unpaired) electrons. The van der Waals surface area contributed by atoms with Gasteiger partial charge in [0.1, 0.15) is 13.2 Å². The molecule has 37 heavy (non-hydrogen) atoms. The summed E-state index contributed by atoms with van der Waals surface area (Å²) in [6.07, 6.45) is 1.05. The lowest BCUT2D eigenvalue weighted by atomic mass is 9.85. The average molecular weight is 528 g/mol. The first-order valence-corrected chi connectivity index (χ1v) is 13.3. The van der Waals surface area contributed by atoms with Gasteiger partial charge in [-0.25, -0.2) is 10.2 Å². The standard InChI is InChI=1S/C27H33N3O6S/c1-27(2,25(33)28-14-24(32)35-3)13-23(31)22(16-37-4)29-30-26(34)36-15-21-19-11-7-5-9-17(19)18-10-6-8-12-20(18)21/h5-12,21-22,29H,13-16H2,1-4H3,(H,28,33)(H,30,34)/t22-/m1/s1. The van der Waals surface area contributed by atoms with Crippen molar-refractivity contribution in [2.45, 2.75) is 32.2 Å². The summed E-state index contributed by atoms with van der Waals surface area (Å²) in [7, 11) is 1.23. The zero-order valence-electron chi connectivity index (χ0n) is 21.5. The van der Waals surface area contributed by atoms with Crippen LogP contribution in [-0.4, -0.2) is 62.1 Å². The third-order valence-corrected chi connectivity index (χ3v) is 6.93. The normalized spacial score (nSPS) is 13.2. The average Bonchev–Trinajstić information content (AvgIpc) is 3.21. The summed E-state index contributed by atoms with van der Waals surface area (Å²) in [5, 5.41) is 2.48. The Balaban J connectivity index is 1.54. The molecule has 0 unspecified atom stereocenters. The molecule has 0 spiro atoms. The molecule has 9 nitrogen and oxygen atoms in total. The minimum Gasteiger partial charge on any atom is -0.468 e. The maximum Gasteiger partial charge on any atom is 0.421 e. The number of thioether (sulfide) groups is 1. The van der Waals surface area contributed by atoms with E-state index in [0.29, 0.717) is 5.75 Å². The van der Waals surface area contributed by atoms with Crippen molar-refractivity contribution in [3.05, 3.63) is 59.7 Å². The molecule has 2 amide bonds. The molecule has 0 heterocycles. The van der Waals surface area contributed by atoms with Crippen LogP contribution in [0.4, 0.5) is 4.79 Å². The zero-order chi connectivity index (χ0) is 27.0. The van der Waals surface area contributed by atoms with Crippen LogP contribution in [0.1, 0.15) is 37.3 Å². The molecule has 0 saturated carbocycles. The van der Waals surface area contributed by atoms with Crippen molar-refractivity contribution in [1.82, 2.24) is 16.2 Å². The van der Waals surface area contributed by atoms with Crippen LogP contribution in [0.2, 0.25) is 0 Å². The molecular formula is C27H33N3O6S. The number of hydrazine groups is 1. The number of Topliss-reactive ketones (excluding diaryl/α,β-unsaturated/α-hetero) is 1. The van der Waals surface area contributed by atoms with E-state index in [1.807, 2.05) is 42.7 Å². The Morgan fingerprint density at radius 1 is 1.00 bits per heavy atom. The van der Waals surface area contributed by atoms with Gasteiger partial charge >= 0.3 is 12.1 Å². The van der Waals surface area contributed by atoms with Crippen molar-refractivity contribution in [1.29, 1.82) is 0 Å². The van der Waals surface area contributed by atoms with Crippen molar-refractivity contribution in [3.8, 4) is 11.1 Å². The Bertz CT molecular complexity index is 1110. The molecule has 10 heteroatoms. The minimum atomic E-state index is -1.06. The van der Waals surface area contributed by atoms with E-state index in [2.05, 4.69) is 33.0 Å². The number of hydrogen-bond acceptors (Lipinski definition) is 8. The van der Waals surface area contributed by atoms with Gasteiger partial charge < -0.3 is 14.8 Å². The number of carbonyl (C=O) groups excluding carboxylic acids is 4. The van der Waals surface area contributed by atoms with Gasteiger partial charge in [-0.1, -0.05) is 62.4 Å². The van der Waals surface area contributed by atoms with Crippen LogP contribution in [0.15, 0.2) is 48.5 Å². The Kier molecular flexibility index (Phi) is 9.71. The number of ketones is 1. The minimum absolute atomic E-state index is 0.0777. The maximum atomic E-state index is 13.0. The summed E-state index contributed by atoms with van der Waals surface area (Å²) in [6, 6.07) is 15.4. The number of hydrogen-bond donors (Lipinski definition) is 3. The molecule has 0 aliphatic heterocycles. The molecule has 1 aliphatic carbocycles. The summed E-state index contributed by atoms with van der Waals surface area (Å²) >= 11 is 1.42. The number of carbonyl (C=O) groups is 4. The van der Waals surface area contributed by atoms with Crippen LogP contribution in [0, 0.1) is 5.41 Å². The third-order valence-electron chi connectivity index (χ3n) is 6.27. The Morgan fingerprint density at radius 3 is 2.16 bits per heavy atom. The lowest BCUT2D eigenvalue weighted by molar-refractivity contribution is -0.142. The molecule has 198 valence electrons. The van der Waals surface area contributed by atoms with E-state index in [4.69, 9.17) is 4.74 Å². The van der Waals surface area contributed by atoms with Crippen LogP contribution in [0.3, 0.4) is 0 Å². The van der Waals surface area contributed by atoms with Gasteiger partial charge in [0.2, 0.25) is 5.91 Å². The predicted octanol–water partition coefficient (Wildman–Crippen LogP) is 3.04. The fourth-order valence-corrected chi connectivity index (χ4v) is 4.87. The number of nitrogens with one attached hydrogen (secondary N) is 3. The highest BCUT2D eigenvalue weighted by molar-refractivity contribution is 7.98. The van der Waals surface area contributed by atoms with Crippen LogP contribution in [-0.2, 0) is 23.9 Å². The summed E-state index contributed by atoms with van der Waals surface area (Å²) in [4.78, 5) is 49.2. The molecular weight excluding hydrogens is 494 g/mol. The largest absolute Gasteiger partial charge is 0.468 e. The maximum absolute atomic E-state index is 13.0. The highest BCUT2D eigenvalue weighted by Gasteiger charge is 2.34. The number of methoxy groups -OCH3 is 1. The fourth-order valence-electron chi connectivity index (χ4n) is 4.27. The second-order valence-corrected chi connectivity index (χ2v) is 10.3. The van der Waals surface area contributed by atoms with Gasteiger partial charge in [-0.2, -0.15) is 11.8 Å². The van der Waals surface area contributed by atoms with Crippen LogP contribution >= 0.6 is 11.8 Å². The first kappa shape index (κ1) is 28.2. The fraction of sp³-hybridized carbons (Fsp3) is 0.407. The van der Waals surface area contributed by atoms with Gasteiger partial charge in [-0.05, 0) is 28.5 Å². The predicted molar refractivity (Wildman–Crippen MR) is 142 cm³/mol. The molecule has 0 saturated heterocycles. The van der Waals surface area contributed by atoms with Gasteiger partial charge in [-0.15, -0.1) is 0 Å². The van der Waals surface area contributed by atoms with E-state index in [1.165, 1.54) is 18.9 Å². The van der Waals surface area contributed by atoms with Crippen molar-refractivity contribution < 1.29 is 28.7 Å². The number of esters is 1. The molecule has 2 aromatic carbocycles. The molecule has 3 rings (SSSR count). The Labute approximate surface area is 221 Å². The summed E-state index contributed by atoms with van der Waals surface area (Å²) in [5.74, 6) is -0.983. The van der Waals surface area contributed by atoms with Gasteiger partial charge in [0.25, 0.3) is 0 Å². The van der Waals surface area contributed by atoms with Gasteiger partial charge in [0, 0.05) is 18.1 Å². The second kappa shape index (κ2) is 12.7. The van der Waals surface area contributed by atoms with Crippen molar-refractivity contribution in [2.75, 3.05) is 32.3 Å². The van der Waals surface area contributed by atoms with E-state index in [1.54, 1.807) is 13.8 Å². The van der Waals surface area contributed by atoms with Crippen LogP contribution in [0.5, 0.6) is 0 Å². The smallest absolute Gasteiger partial charge is 0.421 e. The molecule has 0 aromatic heterocycles. The molecule has 1 aliphatic rings. The van der Waals surface area contributed by atoms with E-state index in [0.717, 1.165) is 22.3 Å². The van der Waals surface area contributed by atoms with Gasteiger partial charge in [0.05, 0.1) is 18.6 Å². The first-order chi connectivity index (χ1) is 17.7. The SMILES string of the molecule is COC(=O)CNC(=O)C(C)(C)CC(=O)[C@@H](CSC)NNC(=O)OCC1c2ccccc2-c2ccccc21. The van der Waals surface area contributed by atoms with Gasteiger partial charge in [0.15, 0.2) is 5.78 Å². The molecule has 3 N–H and O–H groups in total. The molecule has 0 fully saturated rings. The molecule has 1 atom stereocenters. The molecule has 0 bridgehead atoms. The van der Waals surface area contributed by atoms with E-state index < -0.39 is 29.4 Å². The van der Waals surface area contributed by atoms with Crippen molar-refractivity contribution in [3.63, 3.8) is 0 Å². The summed E-state index contributed by atoms with van der Waals surface area (Å²) < 4.78 is 10.0. The van der Waals surface area contributed by atoms with Crippen molar-refractivity contribution in [2.24, 2.45) is 5.41 Å². The third kappa shape index (κ3) is 7.11. The second-order valence-electron chi connectivity index (χ2n) is 9.39. The quantitative estimate of drug-likeness (QED) is 0.284. The Morgan fingerprint density at radius 2 is 1.59 bits per heavy atom. The summed E-state index contributed by atoms with van der Waals surface area (Å²) in [6.45, 7) is 3.11. The highest BCUT2D eigenvalue weighted by atomic mass is 32.2. The van der Waals surface area contributed by atoms with Gasteiger partial charge in [-0.3, -0.25) is 19.8 Å². The Hall–Kier alpha value is -3.37. The van der Waals surface area contributed by atoms with Crippen LogP contribution < -0.4 is 16.2 Å². The lowest BCUT2D eigenvalue weighted by Crippen LogP contribution is -2.51. The summed E-state index contributed by atoms with van der Waals surface area (Å²) in [5.41, 5.74) is 8.64. The number of rotatable bonds is 12. The first-order valence-electron chi connectivity index (χ1n) is 11.9. The van der Waals surface area contributed by atoms with E-state index in [9.17, 15) is 19.2 Å². The lowest BCUT2D eigenvalue weighted by Gasteiger charge is -2.25. The topological polar surface area (TPSA) is 123 Å². The zero-order valence-corrected chi connectivity index (χ0v) is 22.3. The highest BCUT2D eigenvalue weighted by Crippen LogP contribution is 2.44. The van der Waals surface area contributed by atoms with Crippen molar-refractivity contribution >= 4 is 35.5 Å². The number of amides is 2. The monoisotopic (exact) mass is 527 g/mol. The molecule has 2 aromatic rings. The van der Waals surface area contributed by atoms with E-state index in [-0.39, 0.29) is 31.3 Å². The number of ether oxygens (including phenoxy) is 2.